The summed E-state index contributed by atoms with van der Waals surface area (Å²) in [7, 11) is 0. The van der Waals surface area contributed by atoms with Crippen molar-refractivity contribution in [3.8, 4) is 79.1 Å². The molecule has 102 heavy (non-hydrogen) atoms. The van der Waals surface area contributed by atoms with Crippen LogP contribution in [0.4, 0.5) is 119 Å². The Kier molecular flexibility index (Phi) is 16.5. The number of nitriles is 2. The molecule has 0 aliphatic carbocycles. The van der Waals surface area contributed by atoms with Crippen molar-refractivity contribution in [3.05, 3.63) is 237 Å². The highest BCUT2D eigenvalue weighted by Crippen LogP contribution is 2.50. The summed E-state index contributed by atoms with van der Waals surface area (Å²) in [6.07, 6.45) is -49.1. The van der Waals surface area contributed by atoms with Gasteiger partial charge in [0, 0.05) is 27.1 Å². The van der Waals surface area contributed by atoms with Crippen LogP contribution in [0.25, 0.3) is 111 Å². The number of nitrogens with zero attached hydrogens (tertiary/aromatic N) is 4. The van der Waals surface area contributed by atoms with E-state index in [0.29, 0.717) is 60.7 Å². The summed E-state index contributed by atoms with van der Waals surface area (Å²) in [5.41, 5.74) is -26.7. The average molecular weight is 1450 g/mol. The van der Waals surface area contributed by atoms with Crippen LogP contribution in [-0.2, 0) is 55.6 Å². The predicted molar refractivity (Wildman–Crippen MR) is 317 cm³/mol. The Morgan fingerprint density at radius 1 is 0.206 bits per heavy atom. The van der Waals surface area contributed by atoms with E-state index < -0.39 is 184 Å². The maximum atomic E-state index is 15.3. The second kappa shape index (κ2) is 23.8. The first-order chi connectivity index (χ1) is 47.1. The van der Waals surface area contributed by atoms with Gasteiger partial charge in [0.05, 0.1) is 107 Å². The summed E-state index contributed by atoms with van der Waals surface area (Å²) in [6, 6.07) is 19.8. The van der Waals surface area contributed by atoms with Crippen molar-refractivity contribution in [1.29, 1.82) is 10.5 Å². The molecule has 31 heteroatoms. The lowest BCUT2D eigenvalue weighted by Gasteiger charge is -2.22. The molecule has 0 amide bonds. The van der Waals surface area contributed by atoms with Gasteiger partial charge in [-0.25, -0.2) is 0 Å². The third-order valence-electron chi connectivity index (χ3n) is 16.6. The molecule has 10 aromatic carbocycles. The van der Waals surface area contributed by atoms with Crippen molar-refractivity contribution in [2.24, 2.45) is 0 Å². The SMILES string of the molecule is N#Cc1cc(-c2c(-n3c4ccc(-c5cc(C(F)(F)F)cc(C(F)(F)F)c5)cc4c4cc(-c5cc(C(F)(F)F)cc(C(F)(F)F)c5)ccc43)cc(C#N)cc2-n2c3ccc(-c4cc(C(F)(F)F)cc(C(F)(F)F)c4)cc3c3cc(-c4cc(C(F)(F)F)cc(C(F)(F)F)c4)ccc32)cc(C(F)(F)F)c1. The predicted octanol–water partition coefficient (Wildman–Crippen LogP) is 25.1. The van der Waals surface area contributed by atoms with Crippen LogP contribution in [0.15, 0.2) is 176 Å². The Balaban J connectivity index is 1.25. The Labute approximate surface area is 552 Å². The number of hydrogen-bond donors (Lipinski definition) is 0. The summed E-state index contributed by atoms with van der Waals surface area (Å²) in [5, 5.41) is 19.9. The maximum Gasteiger partial charge on any atom is 0.416 e. The minimum absolute atomic E-state index is 0.223. The Hall–Kier alpha value is -11.1. The summed E-state index contributed by atoms with van der Waals surface area (Å²) < 4.78 is 394. The van der Waals surface area contributed by atoms with Crippen LogP contribution in [0, 0.1) is 22.7 Å². The number of alkyl halides is 27. The molecule has 0 radical (unpaired) electrons. The van der Waals surface area contributed by atoms with Crippen molar-refractivity contribution >= 4 is 43.6 Å². The fraction of sp³-hybridized carbons (Fsp3) is 0.127. The fourth-order valence-corrected chi connectivity index (χ4v) is 12.1. The molecule has 0 spiro atoms. The highest BCUT2D eigenvalue weighted by molar-refractivity contribution is 6.14. The van der Waals surface area contributed by atoms with Gasteiger partial charge in [0.2, 0.25) is 0 Å². The lowest BCUT2D eigenvalue weighted by molar-refractivity contribution is -0.144. The van der Waals surface area contributed by atoms with E-state index in [1.807, 2.05) is 6.07 Å². The molecule has 2 aromatic heterocycles. The van der Waals surface area contributed by atoms with Crippen LogP contribution < -0.4 is 0 Å². The zero-order valence-corrected chi connectivity index (χ0v) is 49.7. The molecule has 0 unspecified atom stereocenters. The van der Waals surface area contributed by atoms with E-state index in [1.165, 1.54) is 0 Å². The van der Waals surface area contributed by atoms with E-state index in [-0.39, 0.29) is 67.9 Å². The highest BCUT2D eigenvalue weighted by Gasteiger charge is 2.42. The molecular weight excluding hydrogens is 1420 g/mol. The van der Waals surface area contributed by atoms with E-state index in [9.17, 15) is 116 Å². The van der Waals surface area contributed by atoms with Gasteiger partial charge in [-0.2, -0.15) is 129 Å². The fourth-order valence-electron chi connectivity index (χ4n) is 12.1. The number of hydrogen-bond acceptors (Lipinski definition) is 2. The van der Waals surface area contributed by atoms with E-state index >= 15 is 13.2 Å². The standard InChI is InChI=1S/C71H29F27N4/c72-63(73,74)43-10-32(30-99)9-42(21-43)62-60(101-56-5-1-34(38-13-44(64(75,76)77)26-45(14-38)65(78,79)80)22-52(56)53-23-35(2-6-57(53)101)39-15-46(66(81,82)83)27-47(16-39)67(84,85)86)11-33(31-100)12-61(62)102-58-7-3-36(40-17-48(68(87,88)89)28-49(18-40)69(90,91)92)24-54(58)55-25-37(4-8-59(55)102)41-19-50(70(93,94)95)29-51(20-41)71(96,97)98/h1-29H. The molecule has 0 saturated carbocycles. The Morgan fingerprint density at radius 2 is 0.402 bits per heavy atom. The van der Waals surface area contributed by atoms with Gasteiger partial charge in [0.1, 0.15) is 0 Å². The van der Waals surface area contributed by atoms with Crippen molar-refractivity contribution in [2.45, 2.75) is 55.6 Å². The van der Waals surface area contributed by atoms with Crippen LogP contribution in [-0.4, -0.2) is 9.13 Å². The quantitative estimate of drug-likeness (QED) is 0.149. The molecule has 0 bridgehead atoms. The Morgan fingerprint density at radius 3 is 0.608 bits per heavy atom. The first-order valence-corrected chi connectivity index (χ1v) is 28.7. The molecule has 0 N–H and O–H groups in total. The highest BCUT2D eigenvalue weighted by atomic mass is 19.4. The molecule has 0 fully saturated rings. The molecule has 0 aliphatic rings. The minimum Gasteiger partial charge on any atom is -0.308 e. The minimum atomic E-state index is -5.46. The molecular formula is C71H29F27N4. The van der Waals surface area contributed by atoms with Gasteiger partial charge in [0.25, 0.3) is 0 Å². The molecule has 4 nitrogen and oxygen atoms in total. The Bertz CT molecular complexity index is 4840. The van der Waals surface area contributed by atoms with Gasteiger partial charge in [-0.05, 0) is 202 Å². The van der Waals surface area contributed by atoms with E-state index in [0.717, 1.165) is 100 Å². The van der Waals surface area contributed by atoms with Gasteiger partial charge in [-0.3, -0.25) is 0 Å². The molecule has 0 saturated heterocycles. The van der Waals surface area contributed by atoms with Gasteiger partial charge < -0.3 is 9.13 Å². The second-order valence-electron chi connectivity index (χ2n) is 23.2. The largest absolute Gasteiger partial charge is 0.416 e. The zero-order valence-electron chi connectivity index (χ0n) is 49.7. The third-order valence-corrected chi connectivity index (χ3v) is 16.6. The summed E-state index contributed by atoms with van der Waals surface area (Å²) in [5.74, 6) is 0. The lowest BCUT2D eigenvalue weighted by atomic mass is 9.94. The monoisotopic (exact) mass is 1450 g/mol. The number of fused-ring (bicyclic) bond motifs is 6. The van der Waals surface area contributed by atoms with Gasteiger partial charge in [0.15, 0.2) is 0 Å². The number of halogens is 27. The van der Waals surface area contributed by atoms with Crippen molar-refractivity contribution in [3.63, 3.8) is 0 Å². The van der Waals surface area contributed by atoms with Crippen LogP contribution in [0.5, 0.6) is 0 Å². The van der Waals surface area contributed by atoms with Crippen LogP contribution in [0.3, 0.4) is 0 Å². The first-order valence-electron chi connectivity index (χ1n) is 28.7. The number of rotatable bonds is 7. The number of benzene rings is 10. The van der Waals surface area contributed by atoms with Gasteiger partial charge in [-0.15, -0.1) is 0 Å². The molecule has 0 aliphatic heterocycles. The summed E-state index contributed by atoms with van der Waals surface area (Å²) in [6.45, 7) is 0. The van der Waals surface area contributed by atoms with Crippen LogP contribution in [0.1, 0.15) is 61.2 Å². The molecule has 12 aromatic rings. The van der Waals surface area contributed by atoms with E-state index in [4.69, 9.17) is 0 Å². The average Bonchev–Trinajstić information content (AvgIpc) is 1.55. The van der Waals surface area contributed by atoms with E-state index in [1.54, 1.807) is 6.07 Å². The van der Waals surface area contributed by atoms with Gasteiger partial charge in [-0.1, -0.05) is 24.3 Å². The second-order valence-corrected chi connectivity index (χ2v) is 23.2. The van der Waals surface area contributed by atoms with Crippen LogP contribution >= 0.6 is 0 Å². The van der Waals surface area contributed by atoms with Crippen molar-refractivity contribution < 1.29 is 119 Å². The molecule has 0 atom stereocenters. The zero-order chi connectivity index (χ0) is 74.5. The van der Waals surface area contributed by atoms with Crippen molar-refractivity contribution in [2.75, 3.05) is 0 Å². The molecule has 2 heterocycles. The summed E-state index contributed by atoms with van der Waals surface area (Å²) >= 11 is 0. The maximum absolute atomic E-state index is 15.3. The van der Waals surface area contributed by atoms with Crippen LogP contribution in [0.2, 0.25) is 0 Å². The number of aromatic nitrogens is 2. The molecule has 12 rings (SSSR count). The first kappa shape index (κ1) is 70.7. The third kappa shape index (κ3) is 13.3. The lowest BCUT2D eigenvalue weighted by Crippen LogP contribution is -2.11. The smallest absolute Gasteiger partial charge is 0.308 e. The topological polar surface area (TPSA) is 57.4 Å². The van der Waals surface area contributed by atoms with E-state index in [2.05, 4.69) is 0 Å². The van der Waals surface area contributed by atoms with Gasteiger partial charge >= 0.3 is 55.6 Å². The molecule has 522 valence electrons. The normalized spacial score (nSPS) is 13.2. The van der Waals surface area contributed by atoms with Crippen molar-refractivity contribution in [1.82, 2.24) is 9.13 Å². The summed E-state index contributed by atoms with van der Waals surface area (Å²) in [4.78, 5) is 0.